The number of rotatable bonds is 6. The molecule has 2 N–H and O–H groups in total. The Balaban J connectivity index is 2.66. The molecule has 4 nitrogen and oxygen atoms in total. The summed E-state index contributed by atoms with van der Waals surface area (Å²) < 4.78 is 0. The molecular formula is C15H24N2O2. The molecule has 0 aliphatic carbocycles. The number of aliphatic hydroxyl groups excluding tert-OH is 1. The van der Waals surface area contributed by atoms with E-state index in [1.165, 1.54) is 0 Å². The largest absolute Gasteiger partial charge is 0.396 e. The Morgan fingerprint density at radius 3 is 2.74 bits per heavy atom. The molecule has 0 bridgehead atoms. The van der Waals surface area contributed by atoms with E-state index in [1.54, 1.807) is 18.3 Å². The topological polar surface area (TPSA) is 62.2 Å². The lowest BCUT2D eigenvalue weighted by Gasteiger charge is -2.29. The molecule has 106 valence electrons. The first kappa shape index (κ1) is 15.6. The smallest absolute Gasteiger partial charge is 0.251 e. The number of aromatic nitrogens is 1. The summed E-state index contributed by atoms with van der Waals surface area (Å²) in [6, 6.07) is 3.42. The Kier molecular flexibility index (Phi) is 5.48. The van der Waals surface area contributed by atoms with Crippen molar-refractivity contribution in [2.45, 2.75) is 34.1 Å². The Bertz CT molecular complexity index is 428. The van der Waals surface area contributed by atoms with Gasteiger partial charge >= 0.3 is 0 Å². The second-order valence-electron chi connectivity index (χ2n) is 5.84. The van der Waals surface area contributed by atoms with E-state index in [9.17, 15) is 4.79 Å². The average Bonchev–Trinajstić information content (AvgIpc) is 2.36. The standard InChI is InChI=1S/C15H24N2O2/c1-11(2)15(3,4)10-17-14(19)12-5-7-16-13(9-12)6-8-18/h5,7,9,11,18H,6,8,10H2,1-4H3,(H,17,19). The van der Waals surface area contributed by atoms with Crippen LogP contribution in [0.4, 0.5) is 0 Å². The molecule has 1 amide bonds. The second-order valence-corrected chi connectivity index (χ2v) is 5.84. The summed E-state index contributed by atoms with van der Waals surface area (Å²) in [7, 11) is 0. The van der Waals surface area contributed by atoms with Gasteiger partial charge in [-0.2, -0.15) is 0 Å². The fourth-order valence-electron chi connectivity index (χ4n) is 1.48. The maximum Gasteiger partial charge on any atom is 0.251 e. The number of amides is 1. The Morgan fingerprint density at radius 1 is 1.47 bits per heavy atom. The quantitative estimate of drug-likeness (QED) is 0.826. The van der Waals surface area contributed by atoms with Crippen LogP contribution in [0.3, 0.4) is 0 Å². The van der Waals surface area contributed by atoms with Gasteiger partial charge in [0.05, 0.1) is 0 Å². The molecule has 0 aliphatic rings. The highest BCUT2D eigenvalue weighted by Crippen LogP contribution is 2.24. The van der Waals surface area contributed by atoms with Crippen LogP contribution in [0.1, 0.15) is 43.7 Å². The maximum absolute atomic E-state index is 12.1. The molecule has 1 aromatic heterocycles. The van der Waals surface area contributed by atoms with Gasteiger partial charge in [0.15, 0.2) is 0 Å². The van der Waals surface area contributed by atoms with Gasteiger partial charge in [-0.25, -0.2) is 0 Å². The van der Waals surface area contributed by atoms with Crippen molar-refractivity contribution in [2.75, 3.05) is 13.2 Å². The lowest BCUT2D eigenvalue weighted by molar-refractivity contribution is 0.0924. The Hall–Kier alpha value is -1.42. The summed E-state index contributed by atoms with van der Waals surface area (Å²) >= 11 is 0. The predicted octanol–water partition coefficient (Wildman–Crippen LogP) is 2.03. The summed E-state index contributed by atoms with van der Waals surface area (Å²) in [4.78, 5) is 16.2. The summed E-state index contributed by atoms with van der Waals surface area (Å²) in [5, 5.41) is 11.8. The molecule has 0 aromatic carbocycles. The zero-order valence-electron chi connectivity index (χ0n) is 12.2. The zero-order valence-corrected chi connectivity index (χ0v) is 12.2. The minimum absolute atomic E-state index is 0.0401. The highest BCUT2D eigenvalue weighted by molar-refractivity contribution is 5.94. The van der Waals surface area contributed by atoms with E-state index in [0.717, 1.165) is 5.69 Å². The molecular weight excluding hydrogens is 240 g/mol. The highest BCUT2D eigenvalue weighted by atomic mass is 16.3. The molecule has 0 atom stereocenters. The molecule has 0 saturated heterocycles. The van der Waals surface area contributed by atoms with E-state index >= 15 is 0 Å². The van der Waals surface area contributed by atoms with Crippen molar-refractivity contribution in [3.63, 3.8) is 0 Å². The molecule has 4 heteroatoms. The van der Waals surface area contributed by atoms with E-state index in [1.807, 2.05) is 0 Å². The third kappa shape index (κ3) is 4.63. The van der Waals surface area contributed by atoms with Gasteiger partial charge in [0.1, 0.15) is 0 Å². The third-order valence-electron chi connectivity index (χ3n) is 3.71. The fourth-order valence-corrected chi connectivity index (χ4v) is 1.48. The molecule has 0 unspecified atom stereocenters. The van der Waals surface area contributed by atoms with Gasteiger partial charge in [0.2, 0.25) is 0 Å². The summed E-state index contributed by atoms with van der Waals surface area (Å²) in [5.74, 6) is 0.408. The van der Waals surface area contributed by atoms with Gasteiger partial charge in [-0.15, -0.1) is 0 Å². The number of hydrogen-bond donors (Lipinski definition) is 2. The summed E-state index contributed by atoms with van der Waals surface area (Å²) in [5.41, 5.74) is 1.40. The summed E-state index contributed by atoms with van der Waals surface area (Å²) in [6.45, 7) is 9.26. The van der Waals surface area contributed by atoms with Crippen molar-refractivity contribution in [3.8, 4) is 0 Å². The van der Waals surface area contributed by atoms with Gasteiger partial charge in [0, 0.05) is 37.0 Å². The molecule has 0 radical (unpaired) electrons. The van der Waals surface area contributed by atoms with E-state index < -0.39 is 0 Å². The van der Waals surface area contributed by atoms with Gasteiger partial charge < -0.3 is 10.4 Å². The lowest BCUT2D eigenvalue weighted by Crippen LogP contribution is -2.37. The Morgan fingerprint density at radius 2 is 2.16 bits per heavy atom. The van der Waals surface area contributed by atoms with E-state index in [4.69, 9.17) is 5.11 Å². The average molecular weight is 264 g/mol. The first-order valence-electron chi connectivity index (χ1n) is 6.71. The monoisotopic (exact) mass is 264 g/mol. The first-order valence-corrected chi connectivity index (χ1v) is 6.71. The maximum atomic E-state index is 12.1. The first-order chi connectivity index (χ1) is 8.86. The van der Waals surface area contributed by atoms with Crippen LogP contribution >= 0.6 is 0 Å². The minimum atomic E-state index is -0.0877. The van der Waals surface area contributed by atoms with Crippen molar-refractivity contribution in [2.24, 2.45) is 11.3 Å². The molecule has 1 aromatic rings. The predicted molar refractivity (Wildman–Crippen MR) is 76.0 cm³/mol. The van der Waals surface area contributed by atoms with Gasteiger partial charge in [-0.1, -0.05) is 27.7 Å². The van der Waals surface area contributed by atoms with Crippen LogP contribution in [0.5, 0.6) is 0 Å². The van der Waals surface area contributed by atoms with Crippen LogP contribution in [-0.4, -0.2) is 29.1 Å². The highest BCUT2D eigenvalue weighted by Gasteiger charge is 2.23. The van der Waals surface area contributed by atoms with Crippen LogP contribution in [0.2, 0.25) is 0 Å². The van der Waals surface area contributed by atoms with Crippen LogP contribution in [0.25, 0.3) is 0 Å². The number of hydrogen-bond acceptors (Lipinski definition) is 3. The van der Waals surface area contributed by atoms with Gasteiger partial charge in [-0.3, -0.25) is 9.78 Å². The van der Waals surface area contributed by atoms with E-state index in [2.05, 4.69) is 38.0 Å². The molecule has 0 saturated carbocycles. The molecule has 1 heterocycles. The second kappa shape index (κ2) is 6.66. The number of nitrogens with zero attached hydrogens (tertiary/aromatic N) is 1. The molecule has 0 fully saturated rings. The normalized spacial score (nSPS) is 11.7. The minimum Gasteiger partial charge on any atom is -0.396 e. The van der Waals surface area contributed by atoms with Crippen molar-refractivity contribution in [1.29, 1.82) is 0 Å². The van der Waals surface area contributed by atoms with Gasteiger partial charge in [-0.05, 0) is 23.5 Å². The van der Waals surface area contributed by atoms with E-state index in [-0.39, 0.29) is 17.9 Å². The SMILES string of the molecule is CC(C)C(C)(C)CNC(=O)c1ccnc(CCO)c1. The van der Waals surface area contributed by atoms with Crippen LogP contribution in [0.15, 0.2) is 18.3 Å². The van der Waals surface area contributed by atoms with Gasteiger partial charge in [0.25, 0.3) is 5.91 Å². The van der Waals surface area contributed by atoms with Crippen LogP contribution in [-0.2, 0) is 6.42 Å². The summed E-state index contributed by atoms with van der Waals surface area (Å²) in [6.07, 6.45) is 2.08. The lowest BCUT2D eigenvalue weighted by atomic mass is 9.81. The van der Waals surface area contributed by atoms with Crippen molar-refractivity contribution in [1.82, 2.24) is 10.3 Å². The van der Waals surface area contributed by atoms with Crippen molar-refractivity contribution < 1.29 is 9.90 Å². The number of aliphatic hydroxyl groups is 1. The van der Waals surface area contributed by atoms with Crippen molar-refractivity contribution >= 4 is 5.91 Å². The Labute approximate surface area is 115 Å². The van der Waals surface area contributed by atoms with Crippen LogP contribution < -0.4 is 5.32 Å². The molecule has 19 heavy (non-hydrogen) atoms. The number of carbonyl (C=O) groups is 1. The van der Waals surface area contributed by atoms with E-state index in [0.29, 0.717) is 24.4 Å². The number of nitrogens with one attached hydrogen (secondary N) is 1. The molecule has 0 spiro atoms. The zero-order chi connectivity index (χ0) is 14.5. The number of carbonyl (C=O) groups excluding carboxylic acids is 1. The molecule has 1 rings (SSSR count). The van der Waals surface area contributed by atoms with Crippen molar-refractivity contribution in [3.05, 3.63) is 29.6 Å². The number of pyridine rings is 1. The van der Waals surface area contributed by atoms with Crippen LogP contribution in [0, 0.1) is 11.3 Å². The third-order valence-corrected chi connectivity index (χ3v) is 3.71. The fraction of sp³-hybridized carbons (Fsp3) is 0.600. The molecule has 0 aliphatic heterocycles.